The Morgan fingerprint density at radius 1 is 1.44 bits per heavy atom. The molecule has 0 spiro atoms. The number of benzene rings is 1. The SMILES string of the molecule is CC(C)Sc1c(Cl)cccc1NC(=O)c1ccn(C2CCCNC2)n1. The third kappa shape index (κ3) is 4.57. The molecule has 1 atom stereocenters. The summed E-state index contributed by atoms with van der Waals surface area (Å²) in [4.78, 5) is 13.5. The number of hydrogen-bond acceptors (Lipinski definition) is 4. The van der Waals surface area contributed by atoms with Gasteiger partial charge in [-0.3, -0.25) is 9.48 Å². The second-order valence-corrected chi connectivity index (χ2v) is 8.41. The highest BCUT2D eigenvalue weighted by Gasteiger charge is 2.19. The van der Waals surface area contributed by atoms with Crippen molar-refractivity contribution in [2.24, 2.45) is 0 Å². The van der Waals surface area contributed by atoms with Crippen molar-refractivity contribution in [3.63, 3.8) is 0 Å². The van der Waals surface area contributed by atoms with Crippen LogP contribution in [0.2, 0.25) is 5.02 Å². The first-order valence-corrected chi connectivity index (χ1v) is 9.82. The third-order valence-electron chi connectivity index (χ3n) is 4.05. The van der Waals surface area contributed by atoms with E-state index in [9.17, 15) is 4.79 Å². The van der Waals surface area contributed by atoms with Crippen LogP contribution in [0.25, 0.3) is 0 Å². The van der Waals surface area contributed by atoms with E-state index in [1.807, 2.05) is 29.1 Å². The maximum Gasteiger partial charge on any atom is 0.276 e. The van der Waals surface area contributed by atoms with E-state index in [0.29, 0.717) is 22.0 Å². The predicted molar refractivity (Wildman–Crippen MR) is 104 cm³/mol. The number of aromatic nitrogens is 2. The number of carbonyl (C=O) groups is 1. The number of anilines is 1. The quantitative estimate of drug-likeness (QED) is 0.765. The minimum Gasteiger partial charge on any atom is -0.320 e. The zero-order valence-electron chi connectivity index (χ0n) is 14.5. The van der Waals surface area contributed by atoms with Gasteiger partial charge in [0, 0.05) is 22.9 Å². The zero-order chi connectivity index (χ0) is 17.8. The summed E-state index contributed by atoms with van der Waals surface area (Å²) in [6.45, 7) is 6.14. The molecule has 25 heavy (non-hydrogen) atoms. The van der Waals surface area contributed by atoms with E-state index in [1.54, 1.807) is 17.8 Å². The summed E-state index contributed by atoms with van der Waals surface area (Å²) in [5, 5.41) is 11.8. The van der Waals surface area contributed by atoms with E-state index < -0.39 is 0 Å². The molecule has 1 unspecified atom stereocenters. The molecule has 2 aromatic rings. The fourth-order valence-electron chi connectivity index (χ4n) is 2.87. The lowest BCUT2D eigenvalue weighted by atomic mass is 10.1. The molecule has 1 fully saturated rings. The Hall–Kier alpha value is -1.50. The van der Waals surface area contributed by atoms with Gasteiger partial charge in [0.2, 0.25) is 0 Å². The number of nitrogens with zero attached hydrogens (tertiary/aromatic N) is 2. The maximum atomic E-state index is 12.6. The molecule has 2 heterocycles. The van der Waals surface area contributed by atoms with Crippen molar-refractivity contribution in [1.29, 1.82) is 0 Å². The third-order valence-corrected chi connectivity index (χ3v) is 5.63. The van der Waals surface area contributed by atoms with Gasteiger partial charge in [0.05, 0.1) is 16.8 Å². The highest BCUT2D eigenvalue weighted by atomic mass is 35.5. The largest absolute Gasteiger partial charge is 0.320 e. The lowest BCUT2D eigenvalue weighted by molar-refractivity contribution is 0.102. The molecule has 0 radical (unpaired) electrons. The molecule has 2 N–H and O–H groups in total. The second kappa shape index (κ2) is 8.25. The van der Waals surface area contributed by atoms with Crippen LogP contribution >= 0.6 is 23.4 Å². The molecule has 1 saturated heterocycles. The Balaban J connectivity index is 1.74. The fourth-order valence-corrected chi connectivity index (χ4v) is 4.08. The molecule has 7 heteroatoms. The minimum absolute atomic E-state index is 0.213. The monoisotopic (exact) mass is 378 g/mol. The number of thioether (sulfide) groups is 1. The van der Waals surface area contributed by atoms with Crippen LogP contribution in [0, 0.1) is 0 Å². The van der Waals surface area contributed by atoms with Gasteiger partial charge in [0.25, 0.3) is 5.91 Å². The van der Waals surface area contributed by atoms with Gasteiger partial charge in [-0.05, 0) is 37.6 Å². The Morgan fingerprint density at radius 3 is 3.00 bits per heavy atom. The van der Waals surface area contributed by atoms with Gasteiger partial charge in [0.15, 0.2) is 5.69 Å². The summed E-state index contributed by atoms with van der Waals surface area (Å²) in [6, 6.07) is 7.63. The van der Waals surface area contributed by atoms with Crippen molar-refractivity contribution in [3.8, 4) is 0 Å². The van der Waals surface area contributed by atoms with Crippen LogP contribution in [-0.2, 0) is 0 Å². The molecule has 1 aromatic carbocycles. The van der Waals surface area contributed by atoms with Gasteiger partial charge in [-0.2, -0.15) is 5.10 Å². The molecule has 1 aliphatic heterocycles. The highest BCUT2D eigenvalue weighted by molar-refractivity contribution is 8.00. The molecule has 3 rings (SSSR count). The highest BCUT2D eigenvalue weighted by Crippen LogP contribution is 2.36. The lowest BCUT2D eigenvalue weighted by Crippen LogP contribution is -2.32. The average molecular weight is 379 g/mol. The lowest BCUT2D eigenvalue weighted by Gasteiger charge is -2.22. The van der Waals surface area contributed by atoms with Crippen LogP contribution in [0.5, 0.6) is 0 Å². The number of carbonyl (C=O) groups excluding carboxylic acids is 1. The van der Waals surface area contributed by atoms with Crippen molar-refractivity contribution in [2.45, 2.75) is 42.9 Å². The molecule has 0 saturated carbocycles. The first kappa shape index (κ1) is 18.3. The number of halogens is 1. The number of rotatable bonds is 5. The van der Waals surface area contributed by atoms with Crippen LogP contribution < -0.4 is 10.6 Å². The Bertz CT molecular complexity index is 740. The molecule has 0 aliphatic carbocycles. The number of hydrogen-bond donors (Lipinski definition) is 2. The van der Waals surface area contributed by atoms with Crippen molar-refractivity contribution in [2.75, 3.05) is 18.4 Å². The van der Waals surface area contributed by atoms with Gasteiger partial charge in [-0.15, -0.1) is 11.8 Å². The molecular formula is C18H23ClN4OS. The first-order valence-electron chi connectivity index (χ1n) is 8.57. The molecule has 1 amide bonds. The van der Waals surface area contributed by atoms with Crippen molar-refractivity contribution < 1.29 is 4.79 Å². The van der Waals surface area contributed by atoms with Crippen molar-refractivity contribution in [3.05, 3.63) is 41.2 Å². The van der Waals surface area contributed by atoms with Crippen LogP contribution in [-0.4, -0.2) is 34.0 Å². The van der Waals surface area contributed by atoms with E-state index in [-0.39, 0.29) is 5.91 Å². The topological polar surface area (TPSA) is 59.0 Å². The van der Waals surface area contributed by atoms with Crippen LogP contribution in [0.4, 0.5) is 5.69 Å². The Kier molecular flexibility index (Phi) is 6.04. The van der Waals surface area contributed by atoms with Gasteiger partial charge in [-0.1, -0.05) is 31.5 Å². The number of amides is 1. The molecule has 1 aromatic heterocycles. The first-order chi connectivity index (χ1) is 12.0. The van der Waals surface area contributed by atoms with E-state index in [4.69, 9.17) is 11.6 Å². The Morgan fingerprint density at radius 2 is 2.28 bits per heavy atom. The standard InChI is InChI=1S/C18H23ClN4OS/c1-12(2)25-17-14(19)6-3-7-15(17)21-18(24)16-8-10-23(22-16)13-5-4-9-20-11-13/h3,6-8,10,12-13,20H,4-5,9,11H2,1-2H3,(H,21,24). The van der Waals surface area contributed by atoms with Gasteiger partial charge >= 0.3 is 0 Å². The summed E-state index contributed by atoms with van der Waals surface area (Å²) in [5.41, 5.74) is 1.15. The molecular weight excluding hydrogens is 356 g/mol. The van der Waals surface area contributed by atoms with E-state index in [0.717, 1.165) is 36.5 Å². The van der Waals surface area contributed by atoms with E-state index >= 15 is 0 Å². The van der Waals surface area contributed by atoms with Crippen LogP contribution in [0.15, 0.2) is 35.4 Å². The van der Waals surface area contributed by atoms with Crippen LogP contribution in [0.3, 0.4) is 0 Å². The van der Waals surface area contributed by atoms with Crippen molar-refractivity contribution in [1.82, 2.24) is 15.1 Å². The molecule has 5 nitrogen and oxygen atoms in total. The van der Waals surface area contributed by atoms with Crippen LogP contribution in [0.1, 0.15) is 43.2 Å². The summed E-state index contributed by atoms with van der Waals surface area (Å²) in [7, 11) is 0. The second-order valence-electron chi connectivity index (χ2n) is 6.42. The average Bonchev–Trinajstić information content (AvgIpc) is 3.09. The zero-order valence-corrected chi connectivity index (χ0v) is 16.0. The Labute approximate surface area is 157 Å². The van der Waals surface area contributed by atoms with Gasteiger partial charge in [0.1, 0.15) is 0 Å². The normalized spacial score (nSPS) is 17.7. The predicted octanol–water partition coefficient (Wildman–Crippen LogP) is 4.21. The fraction of sp³-hybridized carbons (Fsp3) is 0.444. The minimum atomic E-state index is -0.213. The molecule has 0 bridgehead atoms. The van der Waals surface area contributed by atoms with E-state index in [1.165, 1.54) is 0 Å². The number of nitrogens with one attached hydrogen (secondary N) is 2. The van der Waals surface area contributed by atoms with Crippen molar-refractivity contribution >= 4 is 35.0 Å². The summed E-state index contributed by atoms with van der Waals surface area (Å²) < 4.78 is 1.89. The molecule has 134 valence electrons. The van der Waals surface area contributed by atoms with E-state index in [2.05, 4.69) is 29.6 Å². The smallest absolute Gasteiger partial charge is 0.276 e. The molecule has 1 aliphatic rings. The number of piperidine rings is 1. The summed E-state index contributed by atoms with van der Waals surface area (Å²) in [6.07, 6.45) is 4.10. The van der Waals surface area contributed by atoms with Gasteiger partial charge in [-0.25, -0.2) is 0 Å². The van der Waals surface area contributed by atoms with Gasteiger partial charge < -0.3 is 10.6 Å². The summed E-state index contributed by atoms with van der Waals surface area (Å²) >= 11 is 7.95. The maximum absolute atomic E-state index is 12.6. The summed E-state index contributed by atoms with van der Waals surface area (Å²) in [5.74, 6) is -0.213.